The van der Waals surface area contributed by atoms with Crippen LogP contribution in [0.1, 0.15) is 35.9 Å². The molecular formula is C20H19N6NaO7S2. The van der Waals surface area contributed by atoms with E-state index >= 15 is 0 Å². The first-order chi connectivity index (χ1) is 16.4. The number of amides is 3. The van der Waals surface area contributed by atoms with Crippen LogP contribution in [0, 0.1) is 4.77 Å². The molecule has 3 heterocycles. The Morgan fingerprint density at radius 3 is 2.47 bits per heavy atom. The fourth-order valence-electron chi connectivity index (χ4n) is 4.03. The molecule has 2 saturated heterocycles. The van der Waals surface area contributed by atoms with Gasteiger partial charge in [-0.2, -0.15) is 5.10 Å². The summed E-state index contributed by atoms with van der Waals surface area (Å²) >= 11 is 5.96. The smallest absolute Gasteiger partial charge is 0.548 e. The van der Waals surface area contributed by atoms with Crippen LogP contribution < -0.4 is 50.9 Å². The summed E-state index contributed by atoms with van der Waals surface area (Å²) in [7, 11) is 0. The summed E-state index contributed by atoms with van der Waals surface area (Å²) in [6.45, 7) is 3.33. The Bertz CT molecular complexity index is 1350. The van der Waals surface area contributed by atoms with Gasteiger partial charge in [0.2, 0.25) is 17.5 Å². The van der Waals surface area contributed by atoms with Gasteiger partial charge in [-0.05, 0) is 43.8 Å². The molecule has 2 fully saturated rings. The first-order valence-corrected chi connectivity index (χ1v) is 11.5. The number of aromatic amines is 2. The maximum Gasteiger partial charge on any atom is 1.00 e. The number of fused-ring (bicyclic) bond motifs is 1. The molecule has 0 aliphatic carbocycles. The number of carbonyl (C=O) groups excluding carboxylic acids is 4. The predicted molar refractivity (Wildman–Crippen MR) is 121 cm³/mol. The number of aromatic nitrogens is 3. The molecule has 16 heteroatoms. The third-order valence-corrected chi connectivity index (χ3v) is 7.42. The summed E-state index contributed by atoms with van der Waals surface area (Å²) in [6, 6.07) is 1.76. The van der Waals surface area contributed by atoms with Crippen molar-refractivity contribution in [3.63, 3.8) is 0 Å². The molecular weight excluding hydrogens is 523 g/mol. The summed E-state index contributed by atoms with van der Waals surface area (Å²) in [5.41, 5.74) is -1.21. The maximum atomic E-state index is 13.2. The van der Waals surface area contributed by atoms with Gasteiger partial charge in [0.15, 0.2) is 4.77 Å². The van der Waals surface area contributed by atoms with E-state index in [1.807, 2.05) is 0 Å². The topological polar surface area (TPSA) is 200 Å². The molecule has 5 N–H and O–H groups in total. The van der Waals surface area contributed by atoms with Crippen LogP contribution in [0.3, 0.4) is 0 Å². The minimum absolute atomic E-state index is 0. The number of carbonyl (C=O) groups is 4. The van der Waals surface area contributed by atoms with Crippen LogP contribution >= 0.6 is 24.0 Å². The summed E-state index contributed by atoms with van der Waals surface area (Å²) in [4.78, 5) is 65.7. The predicted octanol–water partition coefficient (Wildman–Crippen LogP) is -4.69. The molecule has 1 aromatic heterocycles. The molecule has 4 atom stereocenters. The zero-order chi connectivity index (χ0) is 25.7. The molecule has 0 spiro atoms. The van der Waals surface area contributed by atoms with Crippen molar-refractivity contribution in [2.75, 3.05) is 0 Å². The molecule has 4 rings (SSSR count). The van der Waals surface area contributed by atoms with E-state index in [0.717, 1.165) is 4.90 Å². The van der Waals surface area contributed by atoms with Crippen LogP contribution in [0.25, 0.3) is 0 Å². The van der Waals surface area contributed by atoms with Crippen molar-refractivity contribution in [3.05, 3.63) is 50.6 Å². The van der Waals surface area contributed by atoms with Gasteiger partial charge in [-0.15, -0.1) is 11.8 Å². The van der Waals surface area contributed by atoms with Crippen molar-refractivity contribution < 1.29 is 58.9 Å². The Kier molecular flexibility index (Phi) is 8.00. The molecule has 1 aromatic carbocycles. The number of carboxylic acid groups (broad SMARTS) is 1. The van der Waals surface area contributed by atoms with E-state index in [1.165, 1.54) is 36.0 Å². The number of phenols is 1. The number of carboxylic acids is 1. The van der Waals surface area contributed by atoms with Crippen LogP contribution in [0.2, 0.25) is 0 Å². The number of nitrogens with one attached hydrogen (secondary N) is 4. The summed E-state index contributed by atoms with van der Waals surface area (Å²) in [6.07, 6.45) is 0. The van der Waals surface area contributed by atoms with E-state index in [-0.39, 0.29) is 45.6 Å². The van der Waals surface area contributed by atoms with E-state index in [9.17, 15) is 34.2 Å². The molecule has 2 aromatic rings. The molecule has 3 amide bonds. The van der Waals surface area contributed by atoms with Crippen LogP contribution in [0.4, 0.5) is 0 Å². The second-order valence-corrected chi connectivity index (χ2v) is 10.6. The zero-order valence-electron chi connectivity index (χ0n) is 19.2. The van der Waals surface area contributed by atoms with Gasteiger partial charge < -0.3 is 30.5 Å². The monoisotopic (exact) mass is 542 g/mol. The fraction of sp³-hybridized carbons (Fsp3) is 0.350. The van der Waals surface area contributed by atoms with Gasteiger partial charge in [-0.1, -0.05) is 12.1 Å². The standard InChI is InChI=1S/C20H20N6O7S2.Na/c1-20(2)12(18(32)33)26-16(31)11(17(26)35-20)22-13(28)9(7-3-5-8(27)6-4-7)21-14(29)10-15(30)23-19(34)25-24-10;/h3-6,9,11-12,17,27H,1-2H3,(H,21,29)(H,22,28)(H,32,33)(H2,23,25,30,34);/q;+1/p-1/t9?,11-,12+,17-;/m1./s1. The van der Waals surface area contributed by atoms with Gasteiger partial charge in [0.25, 0.3) is 11.5 Å². The van der Waals surface area contributed by atoms with Crippen molar-refractivity contribution in [2.45, 2.75) is 42.1 Å². The molecule has 13 nitrogen and oxygen atoms in total. The number of nitrogens with zero attached hydrogens (tertiary/aromatic N) is 2. The van der Waals surface area contributed by atoms with E-state index in [4.69, 9.17) is 12.2 Å². The van der Waals surface area contributed by atoms with E-state index < -0.39 is 63.2 Å². The Labute approximate surface area is 234 Å². The third-order valence-electron chi connectivity index (χ3n) is 5.65. The number of β-lactam (4-membered cyclic amide) rings is 1. The Morgan fingerprint density at radius 1 is 1.25 bits per heavy atom. The second kappa shape index (κ2) is 10.3. The number of benzene rings is 1. The fourth-order valence-corrected chi connectivity index (χ4v) is 5.79. The van der Waals surface area contributed by atoms with Gasteiger partial charge in [0.05, 0.1) is 12.0 Å². The maximum absolute atomic E-state index is 13.2. The SMILES string of the molecule is CC1(C)S[C@@H]2[C@H](NC(=O)C(NC(=O)c3n[nH]c(=S)[nH]c3=O)c3ccc(O)cc3)C(=O)N2[C@H]1C(=O)[O-].[Na+]. The van der Waals surface area contributed by atoms with Gasteiger partial charge >= 0.3 is 29.6 Å². The largest absolute Gasteiger partial charge is 1.00 e. The number of thioether (sulfide) groups is 1. The summed E-state index contributed by atoms with van der Waals surface area (Å²) in [5, 5.41) is 31.4. The molecule has 2 aliphatic heterocycles. The van der Waals surface area contributed by atoms with Crippen molar-refractivity contribution in [2.24, 2.45) is 0 Å². The Hall–Kier alpha value is -2.72. The first-order valence-electron chi connectivity index (χ1n) is 10.2. The Morgan fingerprint density at radius 2 is 1.89 bits per heavy atom. The van der Waals surface area contributed by atoms with Crippen LogP contribution in [-0.2, 0) is 14.4 Å². The zero-order valence-corrected chi connectivity index (χ0v) is 22.9. The van der Waals surface area contributed by atoms with Gasteiger partial charge in [-0.3, -0.25) is 29.3 Å². The van der Waals surface area contributed by atoms with Crippen LogP contribution in [-0.4, -0.2) is 71.1 Å². The number of aliphatic carboxylic acids is 1. The quantitative estimate of drug-likeness (QED) is 0.134. The third kappa shape index (κ3) is 5.06. The summed E-state index contributed by atoms with van der Waals surface area (Å²) in [5.74, 6) is -3.87. The van der Waals surface area contributed by atoms with Crippen LogP contribution in [0.15, 0.2) is 29.1 Å². The second-order valence-electron chi connectivity index (χ2n) is 8.42. The number of hydrogen-bond acceptors (Lipinski definition) is 10. The number of phenolic OH excluding ortho intramolecular Hbond substituents is 1. The van der Waals surface area contributed by atoms with E-state index in [2.05, 4.69) is 25.8 Å². The average Bonchev–Trinajstić information content (AvgIpc) is 3.04. The first kappa shape index (κ1) is 27.9. The van der Waals surface area contributed by atoms with Gasteiger partial charge in [0, 0.05) is 4.75 Å². The van der Waals surface area contributed by atoms with E-state index in [1.54, 1.807) is 13.8 Å². The van der Waals surface area contributed by atoms with E-state index in [0.29, 0.717) is 0 Å². The minimum atomic E-state index is -1.39. The number of H-pyrrole nitrogens is 2. The number of aromatic hydroxyl groups is 1. The molecule has 184 valence electrons. The molecule has 0 saturated carbocycles. The minimum Gasteiger partial charge on any atom is -0.548 e. The summed E-state index contributed by atoms with van der Waals surface area (Å²) < 4.78 is -0.942. The van der Waals surface area contributed by atoms with Crippen molar-refractivity contribution in [3.8, 4) is 5.75 Å². The van der Waals surface area contributed by atoms with Gasteiger partial charge in [0.1, 0.15) is 23.2 Å². The van der Waals surface area contributed by atoms with Crippen molar-refractivity contribution in [1.82, 2.24) is 30.7 Å². The van der Waals surface area contributed by atoms with Crippen LogP contribution in [0.5, 0.6) is 5.75 Å². The number of rotatable bonds is 6. The number of hydrogen-bond donors (Lipinski definition) is 5. The molecule has 36 heavy (non-hydrogen) atoms. The molecule has 2 aliphatic rings. The molecule has 0 radical (unpaired) electrons. The normalized spacial score (nSPS) is 22.4. The molecule has 1 unspecified atom stereocenters. The average molecular weight is 543 g/mol. The molecule has 0 bridgehead atoms. The van der Waals surface area contributed by atoms with Crippen molar-refractivity contribution in [1.29, 1.82) is 0 Å². The van der Waals surface area contributed by atoms with Gasteiger partial charge in [-0.25, -0.2) is 0 Å². The Balaban J connectivity index is 0.00000361. The van der Waals surface area contributed by atoms with Crippen molar-refractivity contribution >= 4 is 47.7 Å².